The van der Waals surface area contributed by atoms with Crippen LogP contribution in [0.5, 0.6) is 0 Å². The summed E-state index contributed by atoms with van der Waals surface area (Å²) < 4.78 is 0. The summed E-state index contributed by atoms with van der Waals surface area (Å²) in [5, 5.41) is 12.6. The lowest BCUT2D eigenvalue weighted by Crippen LogP contribution is -2.17. The Labute approximate surface area is 113 Å². The summed E-state index contributed by atoms with van der Waals surface area (Å²) in [6.45, 7) is 2.07. The van der Waals surface area contributed by atoms with Gasteiger partial charge in [0.05, 0.1) is 5.71 Å². The van der Waals surface area contributed by atoms with Crippen molar-refractivity contribution in [2.24, 2.45) is 5.16 Å². The molecule has 2 nitrogen and oxygen atoms in total. The first kappa shape index (κ1) is 12.0. The van der Waals surface area contributed by atoms with E-state index in [0.29, 0.717) is 5.92 Å². The van der Waals surface area contributed by atoms with Gasteiger partial charge in [0.15, 0.2) is 0 Å². The lowest BCUT2D eigenvalue weighted by atomic mass is 9.77. The largest absolute Gasteiger partial charge is 0.411 e. The minimum atomic E-state index is 0.405. The van der Waals surface area contributed by atoms with E-state index in [4.69, 9.17) is 0 Å². The topological polar surface area (TPSA) is 32.6 Å². The van der Waals surface area contributed by atoms with Crippen LogP contribution in [0.2, 0.25) is 0 Å². The van der Waals surface area contributed by atoms with Gasteiger partial charge in [0.2, 0.25) is 0 Å². The molecule has 0 aromatic heterocycles. The van der Waals surface area contributed by atoms with Crippen molar-refractivity contribution in [2.45, 2.75) is 25.7 Å². The maximum atomic E-state index is 9.17. The summed E-state index contributed by atoms with van der Waals surface area (Å²) in [5.41, 5.74) is 5.72. The third kappa shape index (κ3) is 2.14. The number of oxime groups is 1. The van der Waals surface area contributed by atoms with Crippen molar-refractivity contribution in [1.82, 2.24) is 0 Å². The molecule has 0 fully saturated rings. The molecule has 1 aliphatic carbocycles. The molecule has 19 heavy (non-hydrogen) atoms. The Hall–Kier alpha value is -2.09. The van der Waals surface area contributed by atoms with E-state index in [9.17, 15) is 5.21 Å². The van der Waals surface area contributed by atoms with Crippen LogP contribution in [0.25, 0.3) is 0 Å². The highest BCUT2D eigenvalue weighted by atomic mass is 16.4. The third-order valence-electron chi connectivity index (χ3n) is 3.89. The van der Waals surface area contributed by atoms with Gasteiger partial charge >= 0.3 is 0 Å². The number of hydrogen-bond donors (Lipinski definition) is 1. The van der Waals surface area contributed by atoms with Gasteiger partial charge < -0.3 is 5.21 Å². The van der Waals surface area contributed by atoms with Crippen LogP contribution in [0.15, 0.2) is 53.7 Å². The molecular weight excluding hydrogens is 234 g/mol. The molecule has 1 N–H and O–H groups in total. The molecule has 0 aliphatic heterocycles. The summed E-state index contributed by atoms with van der Waals surface area (Å²) in [5.74, 6) is 0.405. The summed E-state index contributed by atoms with van der Waals surface area (Å²) in [6.07, 6.45) is 1.83. The van der Waals surface area contributed by atoms with Crippen molar-refractivity contribution in [2.75, 3.05) is 0 Å². The molecule has 0 amide bonds. The van der Waals surface area contributed by atoms with E-state index in [0.717, 1.165) is 24.1 Å². The van der Waals surface area contributed by atoms with E-state index in [1.807, 2.05) is 6.07 Å². The first-order chi connectivity index (χ1) is 9.29. The predicted molar refractivity (Wildman–Crippen MR) is 77.0 cm³/mol. The molecular formula is C17H17NO. The van der Waals surface area contributed by atoms with Crippen molar-refractivity contribution in [3.05, 3.63) is 70.8 Å². The molecule has 3 rings (SSSR count). The number of aryl methyl sites for hydroxylation is 1. The van der Waals surface area contributed by atoms with Gasteiger partial charge in [0.25, 0.3) is 0 Å². The van der Waals surface area contributed by atoms with Gasteiger partial charge in [0.1, 0.15) is 0 Å². The molecule has 0 radical (unpaired) electrons. The van der Waals surface area contributed by atoms with Crippen molar-refractivity contribution in [1.29, 1.82) is 0 Å². The number of hydrogen-bond acceptors (Lipinski definition) is 2. The lowest BCUT2D eigenvalue weighted by Gasteiger charge is -2.26. The maximum Gasteiger partial charge on any atom is 0.0871 e. The second-order valence-electron chi connectivity index (χ2n) is 5.14. The van der Waals surface area contributed by atoms with E-state index in [2.05, 4.69) is 54.5 Å². The van der Waals surface area contributed by atoms with Gasteiger partial charge in [0, 0.05) is 11.5 Å². The minimum Gasteiger partial charge on any atom is -0.411 e. The molecule has 0 bridgehead atoms. The summed E-state index contributed by atoms with van der Waals surface area (Å²) >= 11 is 0. The predicted octanol–water partition coefficient (Wildman–Crippen LogP) is 4.10. The van der Waals surface area contributed by atoms with Crippen LogP contribution >= 0.6 is 0 Å². The molecule has 2 aromatic carbocycles. The number of rotatable bonds is 1. The average molecular weight is 251 g/mol. The quantitative estimate of drug-likeness (QED) is 0.600. The van der Waals surface area contributed by atoms with Gasteiger partial charge in [-0.3, -0.25) is 0 Å². The van der Waals surface area contributed by atoms with Crippen LogP contribution in [0.1, 0.15) is 41.0 Å². The molecule has 1 aliphatic rings. The van der Waals surface area contributed by atoms with Crippen LogP contribution in [0.3, 0.4) is 0 Å². The van der Waals surface area contributed by atoms with E-state index in [1.165, 1.54) is 16.7 Å². The molecule has 0 spiro atoms. The summed E-state index contributed by atoms with van der Waals surface area (Å²) in [7, 11) is 0. The van der Waals surface area contributed by atoms with Crippen molar-refractivity contribution in [3.8, 4) is 0 Å². The standard InChI is InChI=1S/C17H17NO/c1-12-7-8-15-14(13-5-3-2-4-6-13)9-10-17(18-19)16(15)11-12/h2-8,11,14,19H,9-10H2,1H3/b18-17-/t14-/m0/s1. The fourth-order valence-corrected chi connectivity index (χ4v) is 2.93. The molecule has 0 unspecified atom stereocenters. The lowest BCUT2D eigenvalue weighted by molar-refractivity contribution is 0.317. The molecule has 1 atom stereocenters. The number of fused-ring (bicyclic) bond motifs is 1. The van der Waals surface area contributed by atoms with Gasteiger partial charge in [-0.1, -0.05) is 53.2 Å². The normalized spacial score (nSPS) is 20.3. The molecule has 96 valence electrons. The van der Waals surface area contributed by atoms with Crippen molar-refractivity contribution < 1.29 is 5.21 Å². The Bertz CT molecular complexity index is 616. The monoisotopic (exact) mass is 251 g/mol. The molecule has 0 heterocycles. The van der Waals surface area contributed by atoms with E-state index < -0.39 is 0 Å². The van der Waals surface area contributed by atoms with Crippen LogP contribution in [-0.4, -0.2) is 10.9 Å². The zero-order valence-electron chi connectivity index (χ0n) is 11.0. The van der Waals surface area contributed by atoms with E-state index in [1.54, 1.807) is 0 Å². The first-order valence-corrected chi connectivity index (χ1v) is 6.66. The van der Waals surface area contributed by atoms with Crippen LogP contribution in [0, 0.1) is 6.92 Å². The van der Waals surface area contributed by atoms with Gasteiger partial charge in [-0.2, -0.15) is 0 Å². The first-order valence-electron chi connectivity index (χ1n) is 6.66. The molecule has 2 heteroatoms. The second kappa shape index (κ2) is 4.88. The Morgan fingerprint density at radius 2 is 1.89 bits per heavy atom. The Balaban J connectivity index is 2.12. The van der Waals surface area contributed by atoms with E-state index >= 15 is 0 Å². The zero-order valence-corrected chi connectivity index (χ0v) is 11.0. The summed E-state index contributed by atoms with van der Waals surface area (Å²) in [6, 6.07) is 17.0. The Morgan fingerprint density at radius 3 is 2.63 bits per heavy atom. The van der Waals surface area contributed by atoms with Gasteiger partial charge in [-0.25, -0.2) is 0 Å². The fourth-order valence-electron chi connectivity index (χ4n) is 2.93. The Morgan fingerprint density at radius 1 is 1.11 bits per heavy atom. The van der Waals surface area contributed by atoms with Crippen molar-refractivity contribution in [3.63, 3.8) is 0 Å². The highest BCUT2D eigenvalue weighted by Gasteiger charge is 2.25. The van der Waals surface area contributed by atoms with Crippen LogP contribution in [0.4, 0.5) is 0 Å². The summed E-state index contributed by atoms with van der Waals surface area (Å²) in [4.78, 5) is 0. The van der Waals surface area contributed by atoms with Gasteiger partial charge in [-0.15, -0.1) is 0 Å². The second-order valence-corrected chi connectivity index (χ2v) is 5.14. The smallest absolute Gasteiger partial charge is 0.0871 e. The SMILES string of the molecule is Cc1ccc2c(c1)/C(=N\O)CC[C@H]2c1ccccc1. The highest BCUT2D eigenvalue weighted by molar-refractivity contribution is 6.03. The minimum absolute atomic E-state index is 0.405. The number of benzene rings is 2. The molecule has 0 saturated heterocycles. The number of nitrogens with zero attached hydrogens (tertiary/aromatic N) is 1. The van der Waals surface area contributed by atoms with Gasteiger partial charge in [-0.05, 0) is 37.0 Å². The third-order valence-corrected chi connectivity index (χ3v) is 3.89. The molecule has 2 aromatic rings. The van der Waals surface area contributed by atoms with Crippen LogP contribution < -0.4 is 0 Å². The highest BCUT2D eigenvalue weighted by Crippen LogP contribution is 2.37. The fraction of sp³-hybridized carbons (Fsp3) is 0.235. The molecule has 0 saturated carbocycles. The van der Waals surface area contributed by atoms with Crippen LogP contribution in [-0.2, 0) is 0 Å². The van der Waals surface area contributed by atoms with E-state index in [-0.39, 0.29) is 0 Å². The average Bonchev–Trinajstić information content (AvgIpc) is 2.47. The maximum absolute atomic E-state index is 9.17. The Kier molecular flexibility index (Phi) is 3.08. The zero-order chi connectivity index (χ0) is 13.2. The van der Waals surface area contributed by atoms with Crippen molar-refractivity contribution >= 4 is 5.71 Å².